The molecule has 1 amide bonds. The van der Waals surface area contributed by atoms with Gasteiger partial charge in [-0.05, 0) is 43.1 Å². The van der Waals surface area contributed by atoms with E-state index in [0.717, 1.165) is 55.8 Å². The molecule has 3 rings (SSSR count). The highest BCUT2D eigenvalue weighted by molar-refractivity contribution is 5.94. The van der Waals surface area contributed by atoms with Crippen LogP contribution in [0.15, 0.2) is 18.2 Å². The number of hydrogen-bond donors (Lipinski definition) is 1. The van der Waals surface area contributed by atoms with Crippen molar-refractivity contribution in [2.75, 3.05) is 26.7 Å². The van der Waals surface area contributed by atoms with Gasteiger partial charge in [-0.25, -0.2) is 0 Å². The molecule has 0 saturated carbocycles. The number of fused-ring (bicyclic) bond motifs is 1. The van der Waals surface area contributed by atoms with E-state index < -0.39 is 0 Å². The molecule has 0 spiro atoms. The number of nitrogens with zero attached hydrogens (tertiary/aromatic N) is 1. The molecule has 0 radical (unpaired) electrons. The molecular weight excluding hydrogens is 240 g/mol. The number of nitrogens with one attached hydrogen (secondary N) is 1. The summed E-state index contributed by atoms with van der Waals surface area (Å²) in [4.78, 5) is 14.4. The minimum Gasteiger partial charge on any atom is -0.493 e. The third-order valence-electron chi connectivity index (χ3n) is 4.08. The van der Waals surface area contributed by atoms with Crippen molar-refractivity contribution < 1.29 is 9.53 Å². The van der Waals surface area contributed by atoms with Crippen LogP contribution in [0.3, 0.4) is 0 Å². The van der Waals surface area contributed by atoms with Gasteiger partial charge in [0.2, 0.25) is 0 Å². The van der Waals surface area contributed by atoms with Crippen LogP contribution in [0, 0.1) is 0 Å². The van der Waals surface area contributed by atoms with Gasteiger partial charge in [-0.15, -0.1) is 0 Å². The van der Waals surface area contributed by atoms with Crippen molar-refractivity contribution in [2.24, 2.45) is 0 Å². The van der Waals surface area contributed by atoms with Crippen molar-refractivity contribution in [1.82, 2.24) is 10.2 Å². The van der Waals surface area contributed by atoms with Gasteiger partial charge in [-0.2, -0.15) is 0 Å². The largest absolute Gasteiger partial charge is 0.493 e. The second-order valence-electron chi connectivity index (χ2n) is 5.34. The van der Waals surface area contributed by atoms with E-state index in [4.69, 9.17) is 4.74 Å². The van der Waals surface area contributed by atoms with E-state index in [9.17, 15) is 4.79 Å². The van der Waals surface area contributed by atoms with Crippen LogP contribution in [0.2, 0.25) is 0 Å². The lowest BCUT2D eigenvalue weighted by atomic mass is 10.0. The Labute approximate surface area is 113 Å². The molecule has 4 heteroatoms. The highest BCUT2D eigenvalue weighted by Gasteiger charge is 2.24. The lowest BCUT2D eigenvalue weighted by Crippen LogP contribution is -2.46. The first-order chi connectivity index (χ1) is 9.25. The van der Waals surface area contributed by atoms with Gasteiger partial charge < -0.3 is 15.0 Å². The number of amides is 1. The van der Waals surface area contributed by atoms with Gasteiger partial charge >= 0.3 is 0 Å². The van der Waals surface area contributed by atoms with E-state index in [0.29, 0.717) is 6.04 Å². The quantitative estimate of drug-likeness (QED) is 0.875. The minimum atomic E-state index is 0.114. The zero-order valence-corrected chi connectivity index (χ0v) is 11.3. The molecule has 2 aliphatic heterocycles. The normalized spacial score (nSPS) is 21.6. The first kappa shape index (κ1) is 12.5. The summed E-state index contributed by atoms with van der Waals surface area (Å²) < 4.78 is 5.48. The summed E-state index contributed by atoms with van der Waals surface area (Å²) in [7, 11) is 1.91. The van der Waals surface area contributed by atoms with Crippen LogP contribution >= 0.6 is 0 Å². The third kappa shape index (κ3) is 2.45. The van der Waals surface area contributed by atoms with Crippen LogP contribution in [0.4, 0.5) is 0 Å². The lowest BCUT2D eigenvalue weighted by molar-refractivity contribution is 0.0708. The summed E-state index contributed by atoms with van der Waals surface area (Å²) in [6.45, 7) is 2.69. The van der Waals surface area contributed by atoms with Crippen LogP contribution in [-0.2, 0) is 6.42 Å². The molecular formula is C15H20N2O2. The van der Waals surface area contributed by atoms with Crippen LogP contribution in [-0.4, -0.2) is 43.6 Å². The van der Waals surface area contributed by atoms with Gasteiger partial charge in [0.15, 0.2) is 0 Å². The zero-order chi connectivity index (χ0) is 13.2. The molecule has 1 N–H and O–H groups in total. The molecule has 102 valence electrons. The van der Waals surface area contributed by atoms with E-state index in [1.165, 1.54) is 0 Å². The Hall–Kier alpha value is -1.55. The molecule has 0 aliphatic carbocycles. The van der Waals surface area contributed by atoms with Crippen molar-refractivity contribution in [2.45, 2.75) is 25.3 Å². The van der Waals surface area contributed by atoms with Crippen molar-refractivity contribution in [1.29, 1.82) is 0 Å². The Morgan fingerprint density at radius 2 is 2.37 bits per heavy atom. The summed E-state index contributed by atoms with van der Waals surface area (Å²) in [5, 5.41) is 3.35. The van der Waals surface area contributed by atoms with Crippen LogP contribution in [0.1, 0.15) is 28.8 Å². The van der Waals surface area contributed by atoms with Gasteiger partial charge in [0.25, 0.3) is 5.91 Å². The van der Waals surface area contributed by atoms with Crippen LogP contribution < -0.4 is 10.1 Å². The van der Waals surface area contributed by atoms with Gasteiger partial charge in [0, 0.05) is 31.6 Å². The van der Waals surface area contributed by atoms with Crippen molar-refractivity contribution in [3.05, 3.63) is 29.3 Å². The minimum absolute atomic E-state index is 0.114. The van der Waals surface area contributed by atoms with Crippen molar-refractivity contribution >= 4 is 5.91 Å². The summed E-state index contributed by atoms with van der Waals surface area (Å²) in [6, 6.07) is 6.09. The van der Waals surface area contributed by atoms with Crippen LogP contribution in [0.5, 0.6) is 5.75 Å². The molecule has 2 heterocycles. The lowest BCUT2D eigenvalue weighted by Gasteiger charge is -2.31. The molecule has 1 aromatic rings. The van der Waals surface area contributed by atoms with E-state index in [2.05, 4.69) is 5.32 Å². The standard InChI is InChI=1S/C15H20N2O2/c1-17(13-3-2-7-16-10-13)15(18)12-4-5-14-11(9-12)6-8-19-14/h4-5,9,13,16H,2-3,6-8,10H2,1H3. The Bertz CT molecular complexity index is 481. The third-order valence-corrected chi connectivity index (χ3v) is 4.08. The number of piperidine rings is 1. The molecule has 2 aliphatic rings. The number of hydrogen-bond acceptors (Lipinski definition) is 3. The van der Waals surface area contributed by atoms with Crippen molar-refractivity contribution in [3.8, 4) is 5.75 Å². The molecule has 19 heavy (non-hydrogen) atoms. The Morgan fingerprint density at radius 3 is 3.16 bits per heavy atom. The monoisotopic (exact) mass is 260 g/mol. The molecule has 1 unspecified atom stereocenters. The number of benzene rings is 1. The fraction of sp³-hybridized carbons (Fsp3) is 0.533. The van der Waals surface area contributed by atoms with E-state index in [1.807, 2.05) is 30.1 Å². The topological polar surface area (TPSA) is 41.6 Å². The molecule has 1 atom stereocenters. The SMILES string of the molecule is CN(C(=O)c1ccc2c(c1)CCO2)C1CCCNC1. The Kier molecular flexibility index (Phi) is 3.42. The Balaban J connectivity index is 1.75. The maximum atomic E-state index is 12.5. The van der Waals surface area contributed by atoms with Gasteiger partial charge in [0.1, 0.15) is 5.75 Å². The van der Waals surface area contributed by atoms with Gasteiger partial charge in [-0.1, -0.05) is 0 Å². The summed E-state index contributed by atoms with van der Waals surface area (Å²) in [6.07, 6.45) is 3.13. The average molecular weight is 260 g/mol. The molecule has 0 bridgehead atoms. The molecule has 1 aromatic carbocycles. The van der Waals surface area contributed by atoms with E-state index >= 15 is 0 Å². The Morgan fingerprint density at radius 1 is 1.47 bits per heavy atom. The fourth-order valence-corrected chi connectivity index (χ4v) is 2.85. The number of ether oxygens (including phenoxy) is 1. The fourth-order valence-electron chi connectivity index (χ4n) is 2.85. The average Bonchev–Trinajstić information content (AvgIpc) is 2.94. The van der Waals surface area contributed by atoms with E-state index in [-0.39, 0.29) is 5.91 Å². The second-order valence-corrected chi connectivity index (χ2v) is 5.34. The zero-order valence-electron chi connectivity index (χ0n) is 11.3. The highest BCUT2D eigenvalue weighted by Crippen LogP contribution is 2.26. The summed E-state index contributed by atoms with van der Waals surface area (Å²) >= 11 is 0. The molecule has 4 nitrogen and oxygen atoms in total. The molecule has 1 fully saturated rings. The van der Waals surface area contributed by atoms with Crippen molar-refractivity contribution in [3.63, 3.8) is 0 Å². The maximum absolute atomic E-state index is 12.5. The molecule has 0 aromatic heterocycles. The summed E-state index contributed by atoms with van der Waals surface area (Å²) in [5.41, 5.74) is 1.93. The first-order valence-electron chi connectivity index (χ1n) is 6.99. The predicted molar refractivity (Wildman–Crippen MR) is 73.6 cm³/mol. The second kappa shape index (κ2) is 5.21. The number of rotatable bonds is 2. The number of carbonyl (C=O) groups is 1. The van der Waals surface area contributed by atoms with Crippen LogP contribution in [0.25, 0.3) is 0 Å². The van der Waals surface area contributed by atoms with Gasteiger partial charge in [-0.3, -0.25) is 4.79 Å². The maximum Gasteiger partial charge on any atom is 0.253 e. The van der Waals surface area contributed by atoms with E-state index in [1.54, 1.807) is 0 Å². The molecule has 1 saturated heterocycles. The van der Waals surface area contributed by atoms with Gasteiger partial charge in [0.05, 0.1) is 6.61 Å². The summed E-state index contributed by atoms with van der Waals surface area (Å²) in [5.74, 6) is 1.04. The number of carbonyl (C=O) groups excluding carboxylic acids is 1. The predicted octanol–water partition coefficient (Wildman–Crippen LogP) is 1.45. The number of likely N-dealkylation sites (N-methyl/N-ethyl adjacent to an activating group) is 1. The first-order valence-corrected chi connectivity index (χ1v) is 6.99. The smallest absolute Gasteiger partial charge is 0.253 e. The highest BCUT2D eigenvalue weighted by atomic mass is 16.5.